The Bertz CT molecular complexity index is 1160. The predicted octanol–water partition coefficient (Wildman–Crippen LogP) is 3.44. The molecule has 28 heavy (non-hydrogen) atoms. The van der Waals surface area contributed by atoms with E-state index in [1.54, 1.807) is 18.2 Å². The van der Waals surface area contributed by atoms with E-state index in [1.807, 2.05) is 48.5 Å². The summed E-state index contributed by atoms with van der Waals surface area (Å²) < 4.78 is 29.6. The zero-order valence-electron chi connectivity index (χ0n) is 14.7. The van der Waals surface area contributed by atoms with Gasteiger partial charge in [0.25, 0.3) is 10.1 Å². The average Bonchev–Trinajstić information content (AvgIpc) is 3.28. The number of rotatable bonds is 6. The second kappa shape index (κ2) is 7.71. The zero-order valence-corrected chi connectivity index (χ0v) is 15.5. The van der Waals surface area contributed by atoms with E-state index in [2.05, 4.69) is 20.6 Å². The molecule has 4 aromatic rings. The lowest BCUT2D eigenvalue weighted by molar-refractivity contribution is 0.308. The molecule has 0 unspecified atom stereocenters. The largest absolute Gasteiger partial charge is 0.297 e. The van der Waals surface area contributed by atoms with Crippen molar-refractivity contribution in [2.24, 2.45) is 0 Å². The molecule has 0 saturated carbocycles. The van der Waals surface area contributed by atoms with Crippen LogP contribution in [0, 0.1) is 0 Å². The molecule has 0 aliphatic heterocycles. The van der Waals surface area contributed by atoms with E-state index in [0.29, 0.717) is 5.82 Å². The average molecular weight is 392 g/mol. The molecule has 0 fully saturated rings. The molecule has 7 nitrogen and oxygen atoms in total. The highest BCUT2D eigenvalue weighted by Crippen LogP contribution is 2.29. The van der Waals surface area contributed by atoms with Gasteiger partial charge >= 0.3 is 0 Å². The van der Waals surface area contributed by atoms with Crippen LogP contribution in [0.4, 0.5) is 0 Å². The number of aromatic nitrogens is 4. The molecule has 8 heteroatoms. The van der Waals surface area contributed by atoms with Gasteiger partial charge in [0.05, 0.1) is 11.5 Å². The van der Waals surface area contributed by atoms with E-state index in [9.17, 15) is 8.42 Å². The number of hydrogen-bond acceptors (Lipinski definition) is 6. The van der Waals surface area contributed by atoms with Crippen molar-refractivity contribution in [1.29, 1.82) is 0 Å². The highest BCUT2D eigenvalue weighted by atomic mass is 32.2. The fraction of sp³-hybridized carbons (Fsp3) is 0.0500. The molecule has 3 aromatic carbocycles. The van der Waals surface area contributed by atoms with Crippen molar-refractivity contribution in [3.63, 3.8) is 0 Å². The van der Waals surface area contributed by atoms with Gasteiger partial charge in [-0.05, 0) is 34.0 Å². The standard InChI is InChI=1S/C20H16N4O3S/c25-28(26,17-6-2-1-3-7-17)27-14-15-10-12-16(13-11-15)18-8-4-5-9-19(18)20-21-23-24-22-20/h1-13H,14H2,(H,21,22,23,24). The summed E-state index contributed by atoms with van der Waals surface area (Å²) in [6.45, 7) is -0.0377. The van der Waals surface area contributed by atoms with E-state index in [-0.39, 0.29) is 11.5 Å². The van der Waals surface area contributed by atoms with Crippen molar-refractivity contribution < 1.29 is 12.6 Å². The number of benzene rings is 3. The number of tetrazole rings is 1. The van der Waals surface area contributed by atoms with Crippen LogP contribution in [0.1, 0.15) is 5.56 Å². The van der Waals surface area contributed by atoms with Crippen LogP contribution in [0.25, 0.3) is 22.5 Å². The minimum atomic E-state index is -3.78. The van der Waals surface area contributed by atoms with Crippen LogP contribution in [-0.2, 0) is 20.9 Å². The summed E-state index contributed by atoms with van der Waals surface area (Å²) in [7, 11) is -3.78. The third kappa shape index (κ3) is 3.83. The predicted molar refractivity (Wildman–Crippen MR) is 103 cm³/mol. The molecule has 0 radical (unpaired) electrons. The van der Waals surface area contributed by atoms with Gasteiger partial charge in [0, 0.05) is 5.56 Å². The Morgan fingerprint density at radius 2 is 1.50 bits per heavy atom. The third-order valence-electron chi connectivity index (χ3n) is 4.19. The van der Waals surface area contributed by atoms with Crippen LogP contribution in [0.5, 0.6) is 0 Å². The first kappa shape index (κ1) is 18.0. The Hall–Kier alpha value is -3.36. The van der Waals surface area contributed by atoms with Gasteiger partial charge in [0.2, 0.25) is 5.82 Å². The van der Waals surface area contributed by atoms with Gasteiger partial charge in [-0.3, -0.25) is 4.18 Å². The highest BCUT2D eigenvalue weighted by molar-refractivity contribution is 7.86. The fourth-order valence-corrected chi connectivity index (χ4v) is 3.70. The molecule has 0 atom stereocenters. The van der Waals surface area contributed by atoms with Crippen LogP contribution in [0.3, 0.4) is 0 Å². The van der Waals surface area contributed by atoms with E-state index >= 15 is 0 Å². The lowest BCUT2D eigenvalue weighted by atomic mass is 9.98. The second-order valence-corrected chi connectivity index (χ2v) is 7.62. The molecule has 1 aromatic heterocycles. The number of nitrogens with one attached hydrogen (secondary N) is 1. The second-order valence-electron chi connectivity index (χ2n) is 6.01. The quantitative estimate of drug-likeness (QED) is 0.505. The van der Waals surface area contributed by atoms with Crippen molar-refractivity contribution >= 4 is 10.1 Å². The summed E-state index contributed by atoms with van der Waals surface area (Å²) in [6.07, 6.45) is 0. The molecule has 140 valence electrons. The first-order valence-corrected chi connectivity index (χ1v) is 9.91. The van der Waals surface area contributed by atoms with Crippen LogP contribution < -0.4 is 0 Å². The van der Waals surface area contributed by atoms with E-state index < -0.39 is 10.1 Å². The van der Waals surface area contributed by atoms with Gasteiger partial charge in [0.15, 0.2) is 0 Å². The Balaban J connectivity index is 1.53. The van der Waals surface area contributed by atoms with Gasteiger partial charge in [-0.15, -0.1) is 10.2 Å². The van der Waals surface area contributed by atoms with Crippen molar-refractivity contribution in [2.45, 2.75) is 11.5 Å². The molecule has 0 saturated heterocycles. The Labute approximate surface area is 162 Å². The van der Waals surface area contributed by atoms with Gasteiger partial charge < -0.3 is 0 Å². The first-order chi connectivity index (χ1) is 13.6. The summed E-state index contributed by atoms with van der Waals surface area (Å²) in [5.41, 5.74) is 3.51. The van der Waals surface area contributed by atoms with Crippen LogP contribution in [0.15, 0.2) is 83.8 Å². The smallest absolute Gasteiger partial charge is 0.262 e. The first-order valence-electron chi connectivity index (χ1n) is 8.50. The van der Waals surface area contributed by atoms with Crippen molar-refractivity contribution in [2.75, 3.05) is 0 Å². The maximum absolute atomic E-state index is 12.2. The van der Waals surface area contributed by atoms with Gasteiger partial charge in [-0.2, -0.15) is 13.6 Å². The van der Waals surface area contributed by atoms with Crippen LogP contribution in [-0.4, -0.2) is 29.0 Å². The summed E-state index contributed by atoms with van der Waals surface area (Å²) in [5.74, 6) is 0.511. The SMILES string of the molecule is O=S(=O)(OCc1ccc(-c2ccccc2-c2nn[nH]n2)cc1)c1ccccc1. The summed E-state index contributed by atoms with van der Waals surface area (Å²) >= 11 is 0. The maximum atomic E-state index is 12.2. The number of nitrogens with zero attached hydrogens (tertiary/aromatic N) is 3. The lowest BCUT2D eigenvalue weighted by Crippen LogP contribution is -2.06. The van der Waals surface area contributed by atoms with Gasteiger partial charge in [0.1, 0.15) is 0 Å². The lowest BCUT2D eigenvalue weighted by Gasteiger charge is -2.09. The molecule has 4 rings (SSSR count). The fourth-order valence-electron chi connectivity index (χ4n) is 2.79. The molecule has 0 bridgehead atoms. The molecule has 1 N–H and O–H groups in total. The van der Waals surface area contributed by atoms with E-state index in [4.69, 9.17) is 4.18 Å². The van der Waals surface area contributed by atoms with Gasteiger partial charge in [-0.1, -0.05) is 66.7 Å². The third-order valence-corrected chi connectivity index (χ3v) is 5.47. The summed E-state index contributed by atoms with van der Waals surface area (Å²) in [6, 6.07) is 23.3. The molecule has 0 aliphatic carbocycles. The molecular formula is C20H16N4O3S. The van der Waals surface area contributed by atoms with Crippen LogP contribution >= 0.6 is 0 Å². The van der Waals surface area contributed by atoms with Gasteiger partial charge in [-0.25, -0.2) is 0 Å². The Kier molecular flexibility index (Phi) is 4.96. The maximum Gasteiger partial charge on any atom is 0.297 e. The van der Waals surface area contributed by atoms with Crippen molar-refractivity contribution in [3.05, 3.63) is 84.4 Å². The number of aromatic amines is 1. The minimum Gasteiger partial charge on any atom is -0.262 e. The van der Waals surface area contributed by atoms with Crippen molar-refractivity contribution in [3.8, 4) is 22.5 Å². The molecular weight excluding hydrogens is 376 g/mol. The molecule has 0 amide bonds. The summed E-state index contributed by atoms with van der Waals surface area (Å²) in [4.78, 5) is 0.139. The molecule has 0 spiro atoms. The normalized spacial score (nSPS) is 11.4. The Morgan fingerprint density at radius 3 is 2.18 bits per heavy atom. The number of H-pyrrole nitrogens is 1. The van der Waals surface area contributed by atoms with E-state index in [0.717, 1.165) is 22.3 Å². The van der Waals surface area contributed by atoms with E-state index in [1.165, 1.54) is 12.1 Å². The van der Waals surface area contributed by atoms with Crippen LogP contribution in [0.2, 0.25) is 0 Å². The molecule has 1 heterocycles. The zero-order chi connectivity index (χ0) is 19.4. The Morgan fingerprint density at radius 1 is 0.821 bits per heavy atom. The molecule has 0 aliphatic rings. The minimum absolute atomic E-state index is 0.0377. The monoisotopic (exact) mass is 392 g/mol. The summed E-state index contributed by atoms with van der Waals surface area (Å²) in [5, 5.41) is 14.1. The topological polar surface area (TPSA) is 97.8 Å². The van der Waals surface area contributed by atoms with Crippen molar-refractivity contribution in [1.82, 2.24) is 20.6 Å². The highest BCUT2D eigenvalue weighted by Gasteiger charge is 2.15. The number of hydrogen-bond donors (Lipinski definition) is 1.